The number of methoxy groups -OCH3 is 1. The topological polar surface area (TPSA) is 57.7 Å². The van der Waals surface area contributed by atoms with Crippen molar-refractivity contribution < 1.29 is 4.74 Å². The van der Waals surface area contributed by atoms with Gasteiger partial charge in [-0.2, -0.15) is 5.10 Å². The lowest BCUT2D eigenvalue weighted by Crippen LogP contribution is -2.20. The summed E-state index contributed by atoms with van der Waals surface area (Å²) in [6.45, 7) is 1.93. The molecule has 1 aliphatic heterocycles. The van der Waals surface area contributed by atoms with E-state index in [-0.39, 0.29) is 11.6 Å². The fourth-order valence-corrected chi connectivity index (χ4v) is 4.08. The van der Waals surface area contributed by atoms with Crippen LogP contribution in [0.3, 0.4) is 0 Å². The highest BCUT2D eigenvalue weighted by atomic mass is 35.5. The average molecular weight is 382 g/mol. The number of nitrogens with zero attached hydrogens (tertiary/aromatic N) is 2. The van der Waals surface area contributed by atoms with Gasteiger partial charge in [-0.05, 0) is 42.3 Å². The van der Waals surface area contributed by atoms with Crippen LogP contribution in [0.25, 0.3) is 10.9 Å². The molecule has 0 saturated carbocycles. The number of aromatic nitrogens is 1. The van der Waals surface area contributed by atoms with Crippen LogP contribution in [0.5, 0.6) is 5.75 Å². The zero-order valence-corrected chi connectivity index (χ0v) is 16.2. The van der Waals surface area contributed by atoms with Gasteiger partial charge in [0.1, 0.15) is 5.75 Å². The van der Waals surface area contributed by atoms with Crippen LogP contribution >= 0.6 is 11.6 Å². The number of hydrogen-bond donors (Lipinski definition) is 1. The van der Waals surface area contributed by atoms with E-state index in [0.29, 0.717) is 17.0 Å². The highest BCUT2D eigenvalue weighted by Gasteiger charge is 2.29. The van der Waals surface area contributed by atoms with E-state index in [1.54, 1.807) is 7.11 Å². The molecule has 0 spiro atoms. The minimum Gasteiger partial charge on any atom is -0.497 e. The first-order valence-electron chi connectivity index (χ1n) is 8.75. The summed E-state index contributed by atoms with van der Waals surface area (Å²) in [6, 6.07) is 13.6. The van der Waals surface area contributed by atoms with Crippen molar-refractivity contribution in [1.82, 2.24) is 9.99 Å². The van der Waals surface area contributed by atoms with Crippen molar-refractivity contribution in [1.29, 1.82) is 0 Å². The second-order valence-corrected chi connectivity index (χ2v) is 7.14. The second kappa shape index (κ2) is 6.74. The van der Waals surface area contributed by atoms with Gasteiger partial charge >= 0.3 is 0 Å². The molecule has 6 heteroatoms. The lowest BCUT2D eigenvalue weighted by molar-refractivity contribution is 0.289. The van der Waals surface area contributed by atoms with Gasteiger partial charge in [-0.25, -0.2) is 0 Å². The van der Waals surface area contributed by atoms with Gasteiger partial charge in [0.25, 0.3) is 5.56 Å². The van der Waals surface area contributed by atoms with E-state index >= 15 is 0 Å². The number of benzene rings is 2. The maximum atomic E-state index is 12.8. The molecule has 0 saturated heterocycles. The Balaban J connectivity index is 1.75. The van der Waals surface area contributed by atoms with Gasteiger partial charge in [-0.1, -0.05) is 29.8 Å². The van der Waals surface area contributed by atoms with Crippen LogP contribution < -0.4 is 10.3 Å². The Kier molecular flexibility index (Phi) is 4.40. The number of aryl methyl sites for hydroxylation is 1. The van der Waals surface area contributed by atoms with Crippen LogP contribution in [0, 0.1) is 6.92 Å². The summed E-state index contributed by atoms with van der Waals surface area (Å²) >= 11 is 6.39. The van der Waals surface area contributed by atoms with Crippen LogP contribution in [-0.4, -0.2) is 29.9 Å². The van der Waals surface area contributed by atoms with E-state index < -0.39 is 0 Å². The smallest absolute Gasteiger partial charge is 0.257 e. The third kappa shape index (κ3) is 2.98. The molecule has 27 heavy (non-hydrogen) atoms. The number of aromatic amines is 1. The maximum absolute atomic E-state index is 12.8. The minimum absolute atomic E-state index is 0.0756. The Hall–Kier alpha value is -2.79. The molecule has 0 fully saturated rings. The number of halogens is 1. The van der Waals surface area contributed by atoms with Crippen molar-refractivity contribution >= 4 is 28.2 Å². The Labute approximate surface area is 162 Å². The van der Waals surface area contributed by atoms with Gasteiger partial charge in [0.05, 0.1) is 35.0 Å². The molecule has 3 aromatic rings. The first kappa shape index (κ1) is 17.6. The molecule has 0 amide bonds. The van der Waals surface area contributed by atoms with Gasteiger partial charge in [0, 0.05) is 18.9 Å². The molecule has 0 radical (unpaired) electrons. The molecular weight excluding hydrogens is 362 g/mol. The number of rotatable bonds is 3. The van der Waals surface area contributed by atoms with Crippen LogP contribution in [-0.2, 0) is 0 Å². The summed E-state index contributed by atoms with van der Waals surface area (Å²) in [7, 11) is 3.58. The number of hydrogen-bond acceptors (Lipinski definition) is 4. The molecule has 1 aliphatic rings. The van der Waals surface area contributed by atoms with Crippen molar-refractivity contribution in [3.05, 3.63) is 74.5 Å². The Morgan fingerprint density at radius 3 is 2.67 bits per heavy atom. The van der Waals surface area contributed by atoms with Gasteiger partial charge in [0.15, 0.2) is 0 Å². The molecular formula is C21H20ClN3O2. The van der Waals surface area contributed by atoms with E-state index in [0.717, 1.165) is 33.5 Å². The summed E-state index contributed by atoms with van der Waals surface area (Å²) in [5.74, 6) is 0.817. The molecule has 2 aromatic carbocycles. The van der Waals surface area contributed by atoms with Crippen molar-refractivity contribution in [3.63, 3.8) is 0 Å². The zero-order chi connectivity index (χ0) is 19.1. The van der Waals surface area contributed by atoms with E-state index in [1.807, 2.05) is 61.4 Å². The molecule has 1 atom stereocenters. The standard InChI is InChI=1S/C21H20ClN3O2/c1-12-19-15(22)5-4-6-16(19)23-21(26)20(12)17-11-18(25(2)24-17)13-7-9-14(27-3)10-8-13/h4-10,18H,11H2,1-3H3,(H,23,26). The Bertz CT molecular complexity index is 1100. The van der Waals surface area contributed by atoms with Gasteiger partial charge in [0.2, 0.25) is 0 Å². The number of fused-ring (bicyclic) bond motifs is 1. The monoisotopic (exact) mass is 381 g/mol. The number of ether oxygens (including phenoxy) is 1. The van der Waals surface area contributed by atoms with E-state index in [4.69, 9.17) is 16.3 Å². The minimum atomic E-state index is -0.134. The fraction of sp³-hybridized carbons (Fsp3) is 0.238. The van der Waals surface area contributed by atoms with Gasteiger partial charge in [-0.15, -0.1) is 0 Å². The van der Waals surface area contributed by atoms with Crippen LogP contribution in [0.2, 0.25) is 5.02 Å². The summed E-state index contributed by atoms with van der Waals surface area (Å²) in [5, 5.41) is 8.08. The normalized spacial score (nSPS) is 16.7. The van der Waals surface area contributed by atoms with Gasteiger partial charge < -0.3 is 9.72 Å². The highest BCUT2D eigenvalue weighted by Crippen LogP contribution is 2.33. The van der Waals surface area contributed by atoms with Crippen LogP contribution in [0.1, 0.15) is 29.2 Å². The second-order valence-electron chi connectivity index (χ2n) is 6.73. The Morgan fingerprint density at radius 1 is 1.22 bits per heavy atom. The predicted molar refractivity (Wildman–Crippen MR) is 109 cm³/mol. The maximum Gasteiger partial charge on any atom is 0.257 e. The average Bonchev–Trinajstić information content (AvgIpc) is 3.02. The Morgan fingerprint density at radius 2 is 1.96 bits per heavy atom. The third-order valence-corrected chi connectivity index (χ3v) is 5.46. The van der Waals surface area contributed by atoms with Crippen molar-refractivity contribution in [3.8, 4) is 5.75 Å². The predicted octanol–water partition coefficient (Wildman–Crippen LogP) is 4.28. The number of H-pyrrole nitrogens is 1. The molecule has 2 heterocycles. The zero-order valence-electron chi connectivity index (χ0n) is 15.4. The number of pyridine rings is 1. The molecule has 0 aliphatic carbocycles. The quantitative estimate of drug-likeness (QED) is 0.736. The molecule has 0 bridgehead atoms. The molecule has 4 rings (SSSR count). The van der Waals surface area contributed by atoms with Crippen molar-refractivity contribution in [2.45, 2.75) is 19.4 Å². The lowest BCUT2D eigenvalue weighted by atomic mass is 9.95. The molecule has 1 unspecified atom stereocenters. The van der Waals surface area contributed by atoms with Gasteiger partial charge in [-0.3, -0.25) is 9.80 Å². The fourth-order valence-electron chi connectivity index (χ4n) is 3.76. The highest BCUT2D eigenvalue weighted by molar-refractivity contribution is 6.35. The summed E-state index contributed by atoms with van der Waals surface area (Å²) < 4.78 is 5.23. The van der Waals surface area contributed by atoms with Crippen LogP contribution in [0.4, 0.5) is 0 Å². The van der Waals surface area contributed by atoms with E-state index in [2.05, 4.69) is 10.1 Å². The molecule has 5 nitrogen and oxygen atoms in total. The van der Waals surface area contributed by atoms with Crippen molar-refractivity contribution in [2.24, 2.45) is 5.10 Å². The largest absolute Gasteiger partial charge is 0.497 e. The third-order valence-electron chi connectivity index (χ3n) is 5.14. The van der Waals surface area contributed by atoms with Crippen molar-refractivity contribution in [2.75, 3.05) is 14.2 Å². The summed E-state index contributed by atoms with van der Waals surface area (Å²) in [5.41, 5.74) is 3.99. The molecule has 138 valence electrons. The van der Waals surface area contributed by atoms with E-state index in [9.17, 15) is 4.79 Å². The lowest BCUT2D eigenvalue weighted by Gasteiger charge is -2.19. The van der Waals surface area contributed by atoms with E-state index in [1.165, 1.54) is 0 Å². The number of hydrazone groups is 1. The first-order chi connectivity index (χ1) is 13.0. The number of nitrogens with one attached hydrogen (secondary N) is 1. The molecule has 1 N–H and O–H groups in total. The summed E-state index contributed by atoms with van der Waals surface area (Å²) in [4.78, 5) is 15.7. The van der Waals surface area contributed by atoms with Crippen LogP contribution in [0.15, 0.2) is 52.4 Å². The first-order valence-corrected chi connectivity index (χ1v) is 9.13. The molecule has 1 aromatic heterocycles. The SMILES string of the molecule is COc1ccc(C2CC(c3c(C)c4c(Cl)cccc4[nH]c3=O)=NN2C)cc1. The summed E-state index contributed by atoms with van der Waals surface area (Å²) in [6.07, 6.45) is 0.655.